The van der Waals surface area contributed by atoms with Crippen LogP contribution in [0.15, 0.2) is 4.99 Å². The number of hydrogen-bond acceptors (Lipinski definition) is 2. The Labute approximate surface area is 72.6 Å². The molecule has 1 rings (SSSR count). The van der Waals surface area contributed by atoms with Crippen LogP contribution in [0.5, 0.6) is 0 Å². The van der Waals surface area contributed by atoms with Crippen molar-refractivity contribution in [2.45, 2.75) is 19.1 Å². The second kappa shape index (κ2) is 3.55. The molecule has 0 bridgehead atoms. The molecule has 0 aromatic carbocycles. The summed E-state index contributed by atoms with van der Waals surface area (Å²) in [6, 6.07) is 0.224. The Morgan fingerprint density at radius 1 is 1.67 bits per heavy atom. The highest BCUT2D eigenvalue weighted by molar-refractivity contribution is 8.14. The highest BCUT2D eigenvalue weighted by atomic mass is 32.2. The van der Waals surface area contributed by atoms with Gasteiger partial charge in [0.05, 0.1) is 0 Å². The quantitative estimate of drug-likeness (QED) is 0.692. The van der Waals surface area contributed by atoms with Crippen LogP contribution >= 0.6 is 11.8 Å². The fourth-order valence-corrected chi connectivity index (χ4v) is 1.68. The smallest absolute Gasteiger partial charge is 0.362 e. The summed E-state index contributed by atoms with van der Waals surface area (Å²) in [6.07, 6.45) is -4.19. The maximum absolute atomic E-state index is 11.7. The predicted molar refractivity (Wildman–Crippen MR) is 43.4 cm³/mol. The molecular formula is C6H9F3N2S. The lowest BCUT2D eigenvalue weighted by atomic mass is 10.4. The molecule has 0 radical (unpaired) electrons. The lowest BCUT2D eigenvalue weighted by Gasteiger charge is -2.03. The fraction of sp³-hybridized carbons (Fsp3) is 0.833. The second-order valence-corrected chi connectivity index (χ2v) is 3.60. The summed E-state index contributed by atoms with van der Waals surface area (Å²) >= 11 is 1.33. The molecule has 0 spiro atoms. The molecule has 1 saturated heterocycles. The van der Waals surface area contributed by atoms with E-state index >= 15 is 0 Å². The summed E-state index contributed by atoms with van der Waals surface area (Å²) < 4.78 is 35.0. The molecular weight excluding hydrogens is 189 g/mol. The molecule has 0 aliphatic carbocycles. The van der Waals surface area contributed by atoms with Gasteiger partial charge in [-0.15, -0.1) is 0 Å². The van der Waals surface area contributed by atoms with Crippen molar-refractivity contribution >= 4 is 16.9 Å². The molecule has 1 aliphatic heterocycles. The standard InChI is InChI=1S/C6H9F3N2S/c1-4-2-12-5(11-4)10-3-6(7,8)9/h4H,2-3H2,1H3,(H,10,11). The molecule has 1 fully saturated rings. The minimum atomic E-state index is -4.19. The summed E-state index contributed by atoms with van der Waals surface area (Å²) in [7, 11) is 0. The SMILES string of the molecule is CC1CSC(=NCC(F)(F)F)N1. The zero-order valence-corrected chi connectivity index (χ0v) is 7.30. The monoisotopic (exact) mass is 198 g/mol. The van der Waals surface area contributed by atoms with Crippen LogP contribution in [0.2, 0.25) is 0 Å². The van der Waals surface area contributed by atoms with Gasteiger partial charge in [-0.25, -0.2) is 0 Å². The van der Waals surface area contributed by atoms with Gasteiger partial charge in [-0.05, 0) is 6.92 Å². The van der Waals surface area contributed by atoms with E-state index in [2.05, 4.69) is 10.3 Å². The summed E-state index contributed by atoms with van der Waals surface area (Å²) in [4.78, 5) is 3.39. The van der Waals surface area contributed by atoms with Crippen LogP contribution in [0.25, 0.3) is 0 Å². The first kappa shape index (κ1) is 9.70. The molecule has 70 valence electrons. The molecule has 0 aromatic heterocycles. The Morgan fingerprint density at radius 3 is 2.75 bits per heavy atom. The average Bonchev–Trinajstić information content (AvgIpc) is 2.30. The van der Waals surface area contributed by atoms with Gasteiger partial charge in [-0.2, -0.15) is 13.2 Å². The highest BCUT2D eigenvalue weighted by Gasteiger charge is 2.27. The molecule has 1 aliphatic rings. The van der Waals surface area contributed by atoms with E-state index in [9.17, 15) is 13.2 Å². The summed E-state index contributed by atoms with van der Waals surface area (Å²) in [5.41, 5.74) is 0. The van der Waals surface area contributed by atoms with Crippen LogP contribution in [0.3, 0.4) is 0 Å². The molecule has 1 heterocycles. The second-order valence-electron chi connectivity index (χ2n) is 2.59. The number of nitrogens with one attached hydrogen (secondary N) is 1. The molecule has 1 atom stereocenters. The molecule has 12 heavy (non-hydrogen) atoms. The Hall–Kier alpha value is -0.390. The van der Waals surface area contributed by atoms with E-state index < -0.39 is 12.7 Å². The van der Waals surface area contributed by atoms with Crippen molar-refractivity contribution in [3.63, 3.8) is 0 Å². The topological polar surface area (TPSA) is 24.4 Å². The van der Waals surface area contributed by atoms with E-state index in [0.29, 0.717) is 5.17 Å². The first-order valence-electron chi connectivity index (χ1n) is 3.48. The van der Waals surface area contributed by atoms with Gasteiger partial charge in [-0.1, -0.05) is 11.8 Å². The zero-order valence-electron chi connectivity index (χ0n) is 6.48. The predicted octanol–water partition coefficient (Wildman–Crippen LogP) is 1.63. The number of nitrogens with zero attached hydrogens (tertiary/aromatic N) is 1. The van der Waals surface area contributed by atoms with Gasteiger partial charge in [0.1, 0.15) is 6.54 Å². The number of rotatable bonds is 1. The number of halogens is 3. The number of amidine groups is 1. The number of hydrogen-bond donors (Lipinski definition) is 1. The first-order valence-corrected chi connectivity index (χ1v) is 4.46. The van der Waals surface area contributed by atoms with Crippen LogP contribution < -0.4 is 5.32 Å². The lowest BCUT2D eigenvalue weighted by Crippen LogP contribution is -2.24. The summed E-state index contributed by atoms with van der Waals surface area (Å²) in [5.74, 6) is 0.788. The Kier molecular flexibility index (Phi) is 2.87. The molecule has 2 nitrogen and oxygen atoms in total. The summed E-state index contributed by atoms with van der Waals surface area (Å²) in [6.45, 7) is 0.818. The Bertz CT molecular complexity index is 190. The highest BCUT2D eigenvalue weighted by Crippen LogP contribution is 2.18. The van der Waals surface area contributed by atoms with Gasteiger partial charge in [0.25, 0.3) is 0 Å². The fourth-order valence-electron chi connectivity index (χ4n) is 0.751. The average molecular weight is 198 g/mol. The Balaban J connectivity index is 2.38. The molecule has 0 aromatic rings. The minimum absolute atomic E-state index is 0.224. The normalized spacial score (nSPS) is 27.7. The van der Waals surface area contributed by atoms with Crippen molar-refractivity contribution in [1.82, 2.24) is 5.32 Å². The number of alkyl halides is 3. The van der Waals surface area contributed by atoms with Gasteiger partial charge in [-0.3, -0.25) is 4.99 Å². The van der Waals surface area contributed by atoms with Crippen molar-refractivity contribution in [2.24, 2.45) is 4.99 Å². The maximum atomic E-state index is 11.7. The Morgan fingerprint density at radius 2 is 2.33 bits per heavy atom. The number of thioether (sulfide) groups is 1. The molecule has 0 amide bonds. The third-order valence-electron chi connectivity index (χ3n) is 1.24. The largest absolute Gasteiger partial charge is 0.408 e. The number of aliphatic imine (C=N–C) groups is 1. The van der Waals surface area contributed by atoms with Gasteiger partial charge in [0, 0.05) is 11.8 Å². The van der Waals surface area contributed by atoms with Gasteiger partial charge in [0.2, 0.25) is 0 Å². The van der Waals surface area contributed by atoms with Crippen LogP contribution in [0, 0.1) is 0 Å². The van der Waals surface area contributed by atoms with E-state index in [1.54, 1.807) is 0 Å². The molecule has 1 unspecified atom stereocenters. The zero-order chi connectivity index (χ0) is 9.19. The van der Waals surface area contributed by atoms with Crippen molar-refractivity contribution in [3.8, 4) is 0 Å². The van der Waals surface area contributed by atoms with Crippen LogP contribution in [0.4, 0.5) is 13.2 Å². The van der Waals surface area contributed by atoms with Crippen molar-refractivity contribution < 1.29 is 13.2 Å². The van der Waals surface area contributed by atoms with E-state index in [1.165, 1.54) is 11.8 Å². The van der Waals surface area contributed by atoms with Crippen LogP contribution in [-0.4, -0.2) is 29.7 Å². The van der Waals surface area contributed by atoms with Gasteiger partial charge >= 0.3 is 6.18 Å². The van der Waals surface area contributed by atoms with Crippen LogP contribution in [0.1, 0.15) is 6.92 Å². The van der Waals surface area contributed by atoms with Crippen LogP contribution in [-0.2, 0) is 0 Å². The molecule has 1 N–H and O–H groups in total. The molecule has 0 saturated carbocycles. The minimum Gasteiger partial charge on any atom is -0.362 e. The lowest BCUT2D eigenvalue weighted by molar-refractivity contribution is -0.118. The van der Waals surface area contributed by atoms with Crippen molar-refractivity contribution in [3.05, 3.63) is 0 Å². The molecule has 6 heteroatoms. The maximum Gasteiger partial charge on any atom is 0.408 e. The van der Waals surface area contributed by atoms with E-state index in [1.807, 2.05) is 6.92 Å². The third kappa shape index (κ3) is 3.34. The van der Waals surface area contributed by atoms with Gasteiger partial charge < -0.3 is 5.32 Å². The van der Waals surface area contributed by atoms with Gasteiger partial charge in [0.15, 0.2) is 5.17 Å². The van der Waals surface area contributed by atoms with E-state index in [0.717, 1.165) is 5.75 Å². The summed E-state index contributed by atoms with van der Waals surface area (Å²) in [5, 5.41) is 3.24. The third-order valence-corrected chi connectivity index (χ3v) is 2.43. The van der Waals surface area contributed by atoms with Crippen molar-refractivity contribution in [1.29, 1.82) is 0 Å². The van der Waals surface area contributed by atoms with Crippen molar-refractivity contribution in [2.75, 3.05) is 12.3 Å². The van der Waals surface area contributed by atoms with E-state index in [4.69, 9.17) is 0 Å². The first-order chi connectivity index (χ1) is 5.47. The van der Waals surface area contributed by atoms with E-state index in [-0.39, 0.29) is 6.04 Å².